The number of rotatable bonds is 4. The average molecular weight is 264 g/mol. The van der Waals surface area contributed by atoms with E-state index in [0.29, 0.717) is 6.54 Å². The number of hydrogen-bond donors (Lipinski definition) is 1. The summed E-state index contributed by atoms with van der Waals surface area (Å²) < 4.78 is 1.94. The van der Waals surface area contributed by atoms with Crippen LogP contribution in [0, 0.1) is 0 Å². The van der Waals surface area contributed by atoms with Crippen molar-refractivity contribution in [3.63, 3.8) is 0 Å². The summed E-state index contributed by atoms with van der Waals surface area (Å²) in [5.41, 5.74) is 1.12. The molecule has 2 heterocycles. The molecule has 0 bridgehead atoms. The number of carbonyl (C=O) groups excluding carboxylic acids is 1. The molecule has 1 aliphatic heterocycles. The molecule has 0 unspecified atom stereocenters. The van der Waals surface area contributed by atoms with Crippen molar-refractivity contribution in [2.24, 2.45) is 0 Å². The Bertz CT molecular complexity index is 427. The van der Waals surface area contributed by atoms with Gasteiger partial charge in [-0.1, -0.05) is 0 Å². The lowest BCUT2D eigenvalue weighted by Crippen LogP contribution is -2.36. The zero-order chi connectivity index (χ0) is 13.9. The van der Waals surface area contributed by atoms with E-state index in [2.05, 4.69) is 31.1 Å². The number of aromatic nitrogens is 2. The molecule has 0 saturated carbocycles. The molecule has 5 nitrogen and oxygen atoms in total. The summed E-state index contributed by atoms with van der Waals surface area (Å²) in [4.78, 5) is 18.2. The van der Waals surface area contributed by atoms with Gasteiger partial charge in [-0.2, -0.15) is 0 Å². The Kier molecular flexibility index (Phi) is 4.24. The molecule has 19 heavy (non-hydrogen) atoms. The van der Waals surface area contributed by atoms with Gasteiger partial charge in [-0.15, -0.1) is 0 Å². The van der Waals surface area contributed by atoms with Gasteiger partial charge in [0, 0.05) is 31.4 Å². The maximum Gasteiger partial charge on any atom is 0.242 e. The molecule has 1 aromatic heterocycles. The van der Waals surface area contributed by atoms with E-state index in [1.807, 2.05) is 15.7 Å². The monoisotopic (exact) mass is 264 g/mol. The van der Waals surface area contributed by atoms with E-state index >= 15 is 0 Å². The van der Waals surface area contributed by atoms with Crippen LogP contribution in [0.25, 0.3) is 0 Å². The quantitative estimate of drug-likeness (QED) is 0.894. The van der Waals surface area contributed by atoms with E-state index in [0.717, 1.165) is 38.2 Å². The lowest BCUT2D eigenvalue weighted by Gasteiger charge is -2.21. The standard InChI is InChI=1S/C14H24N4O/c1-14(2,3)16-9-12-8-15-11-18(12)10-13(19)17-6-4-5-7-17/h8,11,16H,4-7,9-10H2,1-3H3. The fourth-order valence-corrected chi connectivity index (χ4v) is 2.21. The van der Waals surface area contributed by atoms with Crippen LogP contribution in [0.1, 0.15) is 39.3 Å². The highest BCUT2D eigenvalue weighted by Crippen LogP contribution is 2.10. The molecule has 1 aromatic rings. The molecule has 106 valence electrons. The molecule has 5 heteroatoms. The number of nitrogens with zero attached hydrogens (tertiary/aromatic N) is 3. The van der Waals surface area contributed by atoms with Crippen molar-refractivity contribution in [3.05, 3.63) is 18.2 Å². The first-order valence-electron chi connectivity index (χ1n) is 6.97. The van der Waals surface area contributed by atoms with Crippen LogP contribution in [0.2, 0.25) is 0 Å². The molecular formula is C14H24N4O. The molecule has 0 aromatic carbocycles. The number of carbonyl (C=O) groups is 1. The Morgan fingerprint density at radius 2 is 2.05 bits per heavy atom. The van der Waals surface area contributed by atoms with Gasteiger partial charge < -0.3 is 14.8 Å². The van der Waals surface area contributed by atoms with Crippen molar-refractivity contribution >= 4 is 5.91 Å². The summed E-state index contributed by atoms with van der Waals surface area (Å²) in [6.07, 6.45) is 5.84. The average Bonchev–Trinajstić information content (AvgIpc) is 2.96. The van der Waals surface area contributed by atoms with E-state index in [4.69, 9.17) is 0 Å². The van der Waals surface area contributed by atoms with Crippen LogP contribution in [0.15, 0.2) is 12.5 Å². The second-order valence-electron chi connectivity index (χ2n) is 6.20. The summed E-state index contributed by atoms with van der Waals surface area (Å²) in [7, 11) is 0. The SMILES string of the molecule is CC(C)(C)NCc1cncn1CC(=O)N1CCCC1. The number of imidazole rings is 1. The second kappa shape index (κ2) is 5.74. The third kappa shape index (κ3) is 4.06. The highest BCUT2D eigenvalue weighted by atomic mass is 16.2. The van der Waals surface area contributed by atoms with Gasteiger partial charge in [0.2, 0.25) is 5.91 Å². The van der Waals surface area contributed by atoms with Crippen molar-refractivity contribution in [2.75, 3.05) is 13.1 Å². The Morgan fingerprint density at radius 1 is 1.37 bits per heavy atom. The molecule has 0 aliphatic carbocycles. The molecule has 2 rings (SSSR count). The van der Waals surface area contributed by atoms with Gasteiger partial charge >= 0.3 is 0 Å². The molecule has 1 amide bonds. The molecule has 1 N–H and O–H groups in total. The summed E-state index contributed by atoms with van der Waals surface area (Å²) in [5.74, 6) is 0.201. The lowest BCUT2D eigenvalue weighted by molar-refractivity contribution is -0.130. The van der Waals surface area contributed by atoms with Crippen molar-refractivity contribution in [3.8, 4) is 0 Å². The summed E-state index contributed by atoms with van der Waals surface area (Å²) in [5, 5.41) is 3.42. The maximum atomic E-state index is 12.1. The third-order valence-electron chi connectivity index (χ3n) is 3.36. The minimum Gasteiger partial charge on any atom is -0.341 e. The largest absolute Gasteiger partial charge is 0.341 e. The molecule has 1 aliphatic rings. The van der Waals surface area contributed by atoms with Crippen LogP contribution in [0.5, 0.6) is 0 Å². The van der Waals surface area contributed by atoms with Crippen LogP contribution in [0.3, 0.4) is 0 Å². The number of likely N-dealkylation sites (tertiary alicyclic amines) is 1. The highest BCUT2D eigenvalue weighted by molar-refractivity contribution is 5.76. The third-order valence-corrected chi connectivity index (χ3v) is 3.36. The zero-order valence-corrected chi connectivity index (χ0v) is 12.1. The van der Waals surface area contributed by atoms with Gasteiger partial charge in [0.15, 0.2) is 0 Å². The number of nitrogens with one attached hydrogen (secondary N) is 1. The summed E-state index contributed by atoms with van der Waals surface area (Å²) in [6.45, 7) is 9.33. The molecule has 1 fully saturated rings. The lowest BCUT2D eigenvalue weighted by atomic mass is 10.1. The first-order chi connectivity index (χ1) is 8.96. The Balaban J connectivity index is 1.93. The molecular weight excluding hydrogens is 240 g/mol. The minimum absolute atomic E-state index is 0.0636. The van der Waals surface area contributed by atoms with Crippen LogP contribution in [-0.2, 0) is 17.9 Å². The summed E-state index contributed by atoms with van der Waals surface area (Å²) in [6, 6.07) is 0. The first kappa shape index (κ1) is 14.1. The van der Waals surface area contributed by atoms with Gasteiger partial charge in [-0.05, 0) is 33.6 Å². The Labute approximate surface area is 115 Å². The van der Waals surface area contributed by atoms with E-state index < -0.39 is 0 Å². The molecule has 0 spiro atoms. The van der Waals surface area contributed by atoms with Gasteiger partial charge in [-0.25, -0.2) is 4.98 Å². The number of amides is 1. The summed E-state index contributed by atoms with van der Waals surface area (Å²) >= 11 is 0. The fraction of sp³-hybridized carbons (Fsp3) is 0.714. The van der Waals surface area contributed by atoms with E-state index in [1.165, 1.54) is 0 Å². The van der Waals surface area contributed by atoms with Gasteiger partial charge in [0.1, 0.15) is 6.54 Å². The second-order valence-corrected chi connectivity index (χ2v) is 6.20. The van der Waals surface area contributed by atoms with E-state index in [9.17, 15) is 4.79 Å². The predicted octanol–water partition coefficient (Wildman–Crippen LogP) is 1.39. The van der Waals surface area contributed by atoms with Crippen LogP contribution >= 0.6 is 0 Å². The van der Waals surface area contributed by atoms with Crippen LogP contribution in [0.4, 0.5) is 0 Å². The molecule has 0 atom stereocenters. The van der Waals surface area contributed by atoms with Crippen LogP contribution < -0.4 is 5.32 Å². The molecule has 0 radical (unpaired) electrons. The first-order valence-corrected chi connectivity index (χ1v) is 6.97. The topological polar surface area (TPSA) is 50.2 Å². The van der Waals surface area contributed by atoms with Crippen molar-refractivity contribution in [1.29, 1.82) is 0 Å². The Hall–Kier alpha value is -1.36. The van der Waals surface area contributed by atoms with Crippen molar-refractivity contribution in [1.82, 2.24) is 19.8 Å². The normalized spacial score (nSPS) is 16.1. The van der Waals surface area contributed by atoms with Gasteiger partial charge in [0.05, 0.1) is 12.0 Å². The zero-order valence-electron chi connectivity index (χ0n) is 12.1. The predicted molar refractivity (Wildman–Crippen MR) is 74.6 cm³/mol. The maximum absolute atomic E-state index is 12.1. The smallest absolute Gasteiger partial charge is 0.242 e. The highest BCUT2D eigenvalue weighted by Gasteiger charge is 2.19. The van der Waals surface area contributed by atoms with E-state index in [-0.39, 0.29) is 11.4 Å². The van der Waals surface area contributed by atoms with Gasteiger partial charge in [0.25, 0.3) is 0 Å². The number of hydrogen-bond acceptors (Lipinski definition) is 3. The van der Waals surface area contributed by atoms with Crippen LogP contribution in [-0.4, -0.2) is 39.0 Å². The Morgan fingerprint density at radius 3 is 2.68 bits per heavy atom. The van der Waals surface area contributed by atoms with Crippen molar-refractivity contribution < 1.29 is 4.79 Å². The fourth-order valence-electron chi connectivity index (χ4n) is 2.21. The van der Waals surface area contributed by atoms with Gasteiger partial charge in [-0.3, -0.25) is 4.79 Å². The van der Waals surface area contributed by atoms with E-state index in [1.54, 1.807) is 6.33 Å². The molecule has 1 saturated heterocycles. The minimum atomic E-state index is 0.0636. The van der Waals surface area contributed by atoms with Crippen molar-refractivity contribution in [2.45, 2.75) is 52.2 Å².